The van der Waals surface area contributed by atoms with E-state index in [9.17, 15) is 0 Å². The molecule has 1 atom stereocenters. The maximum absolute atomic E-state index is 9.04. The lowest BCUT2D eigenvalue weighted by Crippen LogP contribution is -3.08. The van der Waals surface area contributed by atoms with Crippen molar-refractivity contribution in [2.75, 3.05) is 20.1 Å². The molecule has 0 spiro atoms. The van der Waals surface area contributed by atoms with Crippen molar-refractivity contribution in [3.8, 4) is 18.1 Å². The number of para-hydroxylation sites is 1. The smallest absolute Gasteiger partial charge is 0.351 e. The number of carbonyl (C=O) groups is 2. The number of carboxylic acids is 2. The van der Waals surface area contributed by atoms with E-state index in [4.69, 9.17) is 31.0 Å². The number of ether oxygens (including phenoxy) is 1. The molecule has 0 aliphatic carbocycles. The molecule has 2 aromatic carbocycles. The van der Waals surface area contributed by atoms with E-state index in [2.05, 4.69) is 37.7 Å². The fourth-order valence-electron chi connectivity index (χ4n) is 2.27. The SMILES string of the molecule is C#CC[NH+](C)CC(=C)c1cccc(COc2ccccc2)c1.O=C([O-])C(=O)O. The molecule has 6 nitrogen and oxygen atoms in total. The molecule has 0 radical (unpaired) electrons. The Kier molecular flexibility index (Phi) is 9.59. The standard InChI is InChI=1S/C20H21NO.C2H2O4/c1-4-13-21(3)15-17(2)19-10-8-9-18(14-19)16-22-20-11-6-5-7-12-20;3-1(4)2(5)6/h1,5-12,14H,2,13,15-16H2,3H3;(H,3,4)(H,5,6). The Morgan fingerprint density at radius 1 is 1.21 bits per heavy atom. The molecule has 6 heteroatoms. The van der Waals surface area contributed by atoms with Crippen molar-refractivity contribution in [1.29, 1.82) is 0 Å². The number of rotatable bonds is 7. The van der Waals surface area contributed by atoms with Crippen LogP contribution in [0.4, 0.5) is 0 Å². The average Bonchev–Trinajstić information content (AvgIpc) is 2.68. The summed E-state index contributed by atoms with van der Waals surface area (Å²) < 4.78 is 5.79. The number of carboxylic acid groups (broad SMARTS) is 2. The molecule has 2 N–H and O–H groups in total. The van der Waals surface area contributed by atoms with Gasteiger partial charge >= 0.3 is 5.97 Å². The van der Waals surface area contributed by atoms with Gasteiger partial charge in [-0.15, -0.1) is 6.42 Å². The van der Waals surface area contributed by atoms with E-state index in [1.54, 1.807) is 0 Å². The van der Waals surface area contributed by atoms with E-state index in [-0.39, 0.29) is 0 Å². The third kappa shape index (κ3) is 8.70. The Labute approximate surface area is 164 Å². The molecule has 28 heavy (non-hydrogen) atoms. The van der Waals surface area contributed by atoms with Crippen LogP contribution in [-0.4, -0.2) is 37.2 Å². The van der Waals surface area contributed by atoms with Crippen LogP contribution in [0.2, 0.25) is 0 Å². The molecule has 0 amide bonds. The second kappa shape index (κ2) is 11.9. The van der Waals surface area contributed by atoms with Crippen LogP contribution in [0.5, 0.6) is 5.75 Å². The summed E-state index contributed by atoms with van der Waals surface area (Å²) in [5, 5.41) is 16.3. The van der Waals surface area contributed by atoms with Gasteiger partial charge in [0, 0.05) is 5.57 Å². The predicted molar refractivity (Wildman–Crippen MR) is 104 cm³/mol. The fraction of sp³-hybridized carbons (Fsp3) is 0.182. The van der Waals surface area contributed by atoms with Crippen molar-refractivity contribution in [2.24, 2.45) is 0 Å². The molecule has 0 fully saturated rings. The highest BCUT2D eigenvalue weighted by atomic mass is 16.5. The average molecular weight is 381 g/mol. The van der Waals surface area contributed by atoms with Crippen molar-refractivity contribution in [3.63, 3.8) is 0 Å². The quantitative estimate of drug-likeness (QED) is 0.530. The minimum absolute atomic E-state index is 0.554. The Morgan fingerprint density at radius 3 is 2.43 bits per heavy atom. The number of aliphatic carboxylic acids is 2. The molecular weight excluding hydrogens is 358 g/mol. The molecule has 0 aliphatic rings. The zero-order valence-corrected chi connectivity index (χ0v) is 15.7. The normalized spacial score (nSPS) is 10.6. The first-order chi connectivity index (χ1) is 13.3. The van der Waals surface area contributed by atoms with Gasteiger partial charge in [0.05, 0.1) is 7.05 Å². The van der Waals surface area contributed by atoms with Gasteiger partial charge in [-0.05, 0) is 35.2 Å². The summed E-state index contributed by atoms with van der Waals surface area (Å²) >= 11 is 0. The number of carbonyl (C=O) groups excluding carboxylic acids is 1. The molecule has 0 heterocycles. The number of quaternary nitrogens is 1. The van der Waals surface area contributed by atoms with Crippen LogP contribution in [-0.2, 0) is 16.2 Å². The summed E-state index contributed by atoms with van der Waals surface area (Å²) in [7, 11) is 2.08. The molecule has 0 saturated carbocycles. The summed E-state index contributed by atoms with van der Waals surface area (Å²) in [5.41, 5.74) is 3.37. The molecule has 2 aromatic rings. The van der Waals surface area contributed by atoms with Crippen molar-refractivity contribution in [3.05, 3.63) is 72.3 Å². The monoisotopic (exact) mass is 381 g/mol. The lowest BCUT2D eigenvalue weighted by molar-refractivity contribution is -0.863. The van der Waals surface area contributed by atoms with Gasteiger partial charge in [-0.3, -0.25) is 0 Å². The Bertz CT molecular complexity index is 828. The second-order valence-electron chi connectivity index (χ2n) is 6.01. The Morgan fingerprint density at radius 2 is 1.86 bits per heavy atom. The van der Waals surface area contributed by atoms with Crippen LogP contribution >= 0.6 is 0 Å². The highest BCUT2D eigenvalue weighted by Crippen LogP contribution is 2.16. The van der Waals surface area contributed by atoms with Crippen LogP contribution in [0.25, 0.3) is 5.57 Å². The van der Waals surface area contributed by atoms with Gasteiger partial charge < -0.3 is 24.6 Å². The first-order valence-corrected chi connectivity index (χ1v) is 8.47. The fourth-order valence-corrected chi connectivity index (χ4v) is 2.27. The van der Waals surface area contributed by atoms with E-state index in [1.165, 1.54) is 4.90 Å². The molecule has 2 rings (SSSR count). The van der Waals surface area contributed by atoms with Gasteiger partial charge in [0.25, 0.3) is 0 Å². The predicted octanol–water partition coefficient (Wildman–Crippen LogP) is 0.248. The van der Waals surface area contributed by atoms with Gasteiger partial charge in [-0.1, -0.05) is 43.0 Å². The van der Waals surface area contributed by atoms with E-state index in [0.717, 1.165) is 29.0 Å². The number of terminal acetylenes is 1. The van der Waals surface area contributed by atoms with Crippen LogP contribution in [0.1, 0.15) is 11.1 Å². The molecular formula is C22H23NO5. The lowest BCUT2D eigenvalue weighted by Gasteiger charge is -2.14. The minimum atomic E-state index is -2.07. The van der Waals surface area contributed by atoms with Crippen LogP contribution < -0.4 is 14.7 Å². The van der Waals surface area contributed by atoms with Gasteiger partial charge in [-0.25, -0.2) is 4.79 Å². The first kappa shape index (κ1) is 22.5. The number of benzene rings is 2. The second-order valence-corrected chi connectivity index (χ2v) is 6.01. The van der Waals surface area contributed by atoms with E-state index >= 15 is 0 Å². The lowest BCUT2D eigenvalue weighted by atomic mass is 10.0. The maximum Gasteiger partial charge on any atom is 0.351 e. The number of hydrogen-bond acceptors (Lipinski definition) is 4. The zero-order chi connectivity index (χ0) is 20.9. The van der Waals surface area contributed by atoms with Crippen molar-refractivity contribution in [2.45, 2.75) is 6.61 Å². The van der Waals surface area contributed by atoms with Crippen LogP contribution in [0, 0.1) is 12.3 Å². The summed E-state index contributed by atoms with van der Waals surface area (Å²) in [4.78, 5) is 19.3. The molecule has 0 aliphatic heterocycles. The largest absolute Gasteiger partial charge is 0.539 e. The van der Waals surface area contributed by atoms with Gasteiger partial charge in [0.1, 0.15) is 25.4 Å². The summed E-state index contributed by atoms with van der Waals surface area (Å²) in [6, 6.07) is 18.2. The summed E-state index contributed by atoms with van der Waals surface area (Å²) in [5.74, 6) is -0.454. The molecule has 1 unspecified atom stereocenters. The molecule has 0 aromatic heterocycles. The number of nitrogens with one attached hydrogen (secondary N) is 1. The Hall–Kier alpha value is -3.56. The van der Waals surface area contributed by atoms with E-state index in [1.807, 2.05) is 36.4 Å². The summed E-state index contributed by atoms with van der Waals surface area (Å²) in [6.45, 7) is 6.27. The van der Waals surface area contributed by atoms with E-state index in [0.29, 0.717) is 13.2 Å². The third-order valence-corrected chi connectivity index (χ3v) is 3.58. The number of likely N-dealkylation sites (N-methyl/N-ethyl adjacent to an activating group) is 1. The highest BCUT2D eigenvalue weighted by Gasteiger charge is 2.06. The van der Waals surface area contributed by atoms with Gasteiger partial charge in [0.15, 0.2) is 5.97 Å². The summed E-state index contributed by atoms with van der Waals surface area (Å²) in [6.07, 6.45) is 5.35. The Balaban J connectivity index is 0.000000568. The minimum Gasteiger partial charge on any atom is -0.539 e. The molecule has 0 saturated heterocycles. The maximum atomic E-state index is 9.04. The first-order valence-electron chi connectivity index (χ1n) is 8.47. The zero-order valence-electron chi connectivity index (χ0n) is 15.7. The van der Waals surface area contributed by atoms with Crippen molar-refractivity contribution in [1.82, 2.24) is 0 Å². The topological polar surface area (TPSA) is 91.1 Å². The van der Waals surface area contributed by atoms with Crippen molar-refractivity contribution >= 4 is 17.5 Å². The molecule has 0 bridgehead atoms. The van der Waals surface area contributed by atoms with Gasteiger partial charge in [0.2, 0.25) is 0 Å². The van der Waals surface area contributed by atoms with E-state index < -0.39 is 11.9 Å². The third-order valence-electron chi connectivity index (χ3n) is 3.58. The molecule has 146 valence electrons. The van der Waals surface area contributed by atoms with Crippen LogP contribution in [0.3, 0.4) is 0 Å². The highest BCUT2D eigenvalue weighted by molar-refractivity contribution is 6.26. The van der Waals surface area contributed by atoms with Crippen molar-refractivity contribution < 1.29 is 29.4 Å². The number of hydrogen-bond donors (Lipinski definition) is 2. The van der Waals surface area contributed by atoms with Gasteiger partial charge in [-0.2, -0.15) is 0 Å². The van der Waals surface area contributed by atoms with Crippen LogP contribution in [0.15, 0.2) is 61.2 Å².